The fraction of sp³-hybridized carbons (Fsp3) is 0.364. The highest BCUT2D eigenvalue weighted by Gasteiger charge is 2.56. The van der Waals surface area contributed by atoms with Crippen molar-refractivity contribution in [3.8, 4) is 11.5 Å². The van der Waals surface area contributed by atoms with Crippen LogP contribution in [0.1, 0.15) is 49.8 Å². The van der Waals surface area contributed by atoms with E-state index in [1.165, 1.54) is 14.0 Å². The van der Waals surface area contributed by atoms with E-state index in [1.54, 1.807) is 42.5 Å². The quantitative estimate of drug-likeness (QED) is 0.318. The van der Waals surface area contributed by atoms with E-state index in [-0.39, 0.29) is 12.5 Å². The average Bonchev–Trinajstić information content (AvgIpc) is 2.90. The van der Waals surface area contributed by atoms with E-state index in [1.807, 2.05) is 52.0 Å². The molecule has 2 amide bonds. The zero-order valence-electron chi connectivity index (χ0n) is 24.4. The summed E-state index contributed by atoms with van der Waals surface area (Å²) < 4.78 is 11.5. The third kappa shape index (κ3) is 6.43. The van der Waals surface area contributed by atoms with Gasteiger partial charge in [0.1, 0.15) is 11.7 Å². The van der Waals surface area contributed by atoms with Crippen molar-refractivity contribution in [2.45, 2.75) is 58.7 Å². The number of amides is 2. The number of carbonyl (C=O) groups excluding carboxylic acids is 3. The molecular weight excluding hydrogens is 520 g/mol. The summed E-state index contributed by atoms with van der Waals surface area (Å²) in [5, 5.41) is 17.4. The van der Waals surface area contributed by atoms with E-state index >= 15 is 0 Å². The molecule has 0 heterocycles. The van der Waals surface area contributed by atoms with Crippen LogP contribution in [0.4, 0.5) is 11.4 Å². The van der Waals surface area contributed by atoms with E-state index in [9.17, 15) is 19.5 Å². The molecule has 1 aliphatic carbocycles. The van der Waals surface area contributed by atoms with Gasteiger partial charge in [0, 0.05) is 23.7 Å². The fourth-order valence-electron chi connectivity index (χ4n) is 5.58. The molecule has 3 aromatic carbocycles. The Kier molecular flexibility index (Phi) is 8.83. The van der Waals surface area contributed by atoms with Crippen LogP contribution in [-0.2, 0) is 14.4 Å². The lowest BCUT2D eigenvalue weighted by Crippen LogP contribution is -2.56. The van der Waals surface area contributed by atoms with Crippen LogP contribution in [0.15, 0.2) is 66.7 Å². The fourth-order valence-corrected chi connectivity index (χ4v) is 5.58. The molecule has 0 saturated heterocycles. The first-order valence-electron chi connectivity index (χ1n) is 13.8. The smallest absolute Gasteiger partial charge is 0.235 e. The van der Waals surface area contributed by atoms with E-state index in [4.69, 9.17) is 9.47 Å². The number of para-hydroxylation sites is 2. The second-order valence-electron chi connectivity index (χ2n) is 11.2. The molecule has 0 aliphatic heterocycles. The van der Waals surface area contributed by atoms with Crippen LogP contribution in [-0.4, -0.2) is 41.5 Å². The topological polar surface area (TPSA) is 114 Å². The number of rotatable bonds is 8. The van der Waals surface area contributed by atoms with E-state index in [2.05, 4.69) is 10.6 Å². The average molecular weight is 559 g/mol. The molecule has 4 rings (SSSR count). The van der Waals surface area contributed by atoms with Crippen LogP contribution in [0, 0.1) is 25.7 Å². The Morgan fingerprint density at radius 1 is 0.902 bits per heavy atom. The third-order valence-electron chi connectivity index (χ3n) is 7.57. The number of methoxy groups -OCH3 is 1. The van der Waals surface area contributed by atoms with Gasteiger partial charge < -0.3 is 25.2 Å². The second-order valence-corrected chi connectivity index (χ2v) is 11.2. The number of ketones is 1. The Hall–Kier alpha value is -4.17. The number of hydrogen-bond donors (Lipinski definition) is 3. The van der Waals surface area contributed by atoms with Crippen LogP contribution in [0.5, 0.6) is 11.5 Å². The summed E-state index contributed by atoms with van der Waals surface area (Å²) in [5.74, 6) is -3.99. The van der Waals surface area contributed by atoms with Gasteiger partial charge in [-0.3, -0.25) is 14.4 Å². The Bertz CT molecular complexity index is 1450. The van der Waals surface area contributed by atoms with Crippen LogP contribution < -0.4 is 20.1 Å². The Morgan fingerprint density at radius 2 is 1.46 bits per heavy atom. The third-order valence-corrected chi connectivity index (χ3v) is 7.57. The van der Waals surface area contributed by atoms with Gasteiger partial charge in [-0.25, -0.2) is 0 Å². The zero-order chi connectivity index (χ0) is 29.9. The number of aryl methyl sites for hydroxylation is 2. The van der Waals surface area contributed by atoms with Gasteiger partial charge in [0.05, 0.1) is 24.7 Å². The Balaban J connectivity index is 1.84. The molecule has 0 bridgehead atoms. The molecule has 41 heavy (non-hydrogen) atoms. The number of hydrogen-bond acceptors (Lipinski definition) is 6. The highest BCUT2D eigenvalue weighted by molar-refractivity contribution is 6.10. The van der Waals surface area contributed by atoms with Crippen molar-refractivity contribution in [1.29, 1.82) is 0 Å². The van der Waals surface area contributed by atoms with Crippen LogP contribution in [0.25, 0.3) is 0 Å². The van der Waals surface area contributed by atoms with Gasteiger partial charge in [0.2, 0.25) is 11.8 Å². The van der Waals surface area contributed by atoms with Crippen LogP contribution in [0.3, 0.4) is 0 Å². The molecular formula is C33H38N2O6. The van der Waals surface area contributed by atoms with Crippen molar-refractivity contribution < 1.29 is 29.0 Å². The van der Waals surface area contributed by atoms with Gasteiger partial charge in [-0.1, -0.05) is 42.5 Å². The van der Waals surface area contributed by atoms with Crippen molar-refractivity contribution in [3.05, 3.63) is 83.4 Å². The predicted octanol–water partition coefficient (Wildman–Crippen LogP) is 5.42. The highest BCUT2D eigenvalue weighted by Crippen LogP contribution is 2.48. The standard InChI is InChI=1S/C33H38N2O6/c1-19(2)41-26-16-15-22(17-27(26)40-6)28-29(31(37)34-23-13-9-7-11-20(23)3)25(36)18-33(5,39)30(28)32(38)35-24-14-10-8-12-21(24)4/h7-17,19,28-30,39H,18H2,1-6H3,(H,34,37)(H,35,38). The van der Waals surface area contributed by atoms with Crippen molar-refractivity contribution in [3.63, 3.8) is 0 Å². The lowest BCUT2D eigenvalue weighted by Gasteiger charge is -2.44. The van der Waals surface area contributed by atoms with E-state index in [0.29, 0.717) is 28.4 Å². The molecule has 1 fully saturated rings. The second kappa shape index (κ2) is 12.1. The molecule has 1 aliphatic rings. The molecule has 8 nitrogen and oxygen atoms in total. The summed E-state index contributed by atoms with van der Waals surface area (Å²) in [6, 6.07) is 19.7. The summed E-state index contributed by atoms with van der Waals surface area (Å²) in [6.07, 6.45) is -0.473. The number of aliphatic hydroxyl groups is 1. The van der Waals surface area contributed by atoms with Crippen molar-refractivity contribution in [2.24, 2.45) is 11.8 Å². The maximum Gasteiger partial charge on any atom is 0.235 e. The minimum atomic E-state index is -1.73. The van der Waals surface area contributed by atoms with Crippen molar-refractivity contribution >= 4 is 29.0 Å². The first-order valence-corrected chi connectivity index (χ1v) is 13.8. The van der Waals surface area contributed by atoms with Gasteiger partial charge in [-0.15, -0.1) is 0 Å². The largest absolute Gasteiger partial charge is 0.493 e. The van der Waals surface area contributed by atoms with E-state index < -0.39 is 41.0 Å². The number of ether oxygens (including phenoxy) is 2. The molecule has 0 radical (unpaired) electrons. The summed E-state index contributed by atoms with van der Waals surface area (Å²) in [5.41, 5.74) is 1.60. The number of nitrogens with one attached hydrogen (secondary N) is 2. The summed E-state index contributed by atoms with van der Waals surface area (Å²) in [4.78, 5) is 41.5. The summed E-state index contributed by atoms with van der Waals surface area (Å²) >= 11 is 0. The molecule has 8 heteroatoms. The molecule has 4 atom stereocenters. The number of benzene rings is 3. The van der Waals surface area contributed by atoms with Gasteiger partial charge in [-0.05, 0) is 75.6 Å². The lowest BCUT2D eigenvalue weighted by molar-refractivity contribution is -0.150. The van der Waals surface area contributed by atoms with Crippen LogP contribution >= 0.6 is 0 Å². The highest BCUT2D eigenvalue weighted by atomic mass is 16.5. The molecule has 0 aromatic heterocycles. The van der Waals surface area contributed by atoms with Gasteiger partial charge in [0.25, 0.3) is 0 Å². The molecule has 216 valence electrons. The first kappa shape index (κ1) is 29.8. The first-order chi connectivity index (χ1) is 19.4. The van der Waals surface area contributed by atoms with Gasteiger partial charge >= 0.3 is 0 Å². The minimum Gasteiger partial charge on any atom is -0.493 e. The van der Waals surface area contributed by atoms with Crippen molar-refractivity contribution in [2.75, 3.05) is 17.7 Å². The molecule has 3 aromatic rings. The van der Waals surface area contributed by atoms with E-state index in [0.717, 1.165) is 11.1 Å². The molecule has 3 N–H and O–H groups in total. The number of anilines is 2. The molecule has 4 unspecified atom stereocenters. The SMILES string of the molecule is COc1cc(C2C(C(=O)Nc3ccccc3C)C(=O)CC(C)(O)C2C(=O)Nc2ccccc2C)ccc1OC(C)C. The monoisotopic (exact) mass is 558 g/mol. The lowest BCUT2D eigenvalue weighted by atomic mass is 9.61. The summed E-state index contributed by atoms with van der Waals surface area (Å²) in [6.45, 7) is 8.98. The molecule has 1 saturated carbocycles. The Morgan fingerprint density at radius 3 is 2.00 bits per heavy atom. The van der Waals surface area contributed by atoms with Gasteiger partial charge in [-0.2, -0.15) is 0 Å². The van der Waals surface area contributed by atoms with Gasteiger partial charge in [0.15, 0.2) is 11.5 Å². The van der Waals surface area contributed by atoms with Crippen molar-refractivity contribution in [1.82, 2.24) is 0 Å². The normalized spacial score (nSPS) is 22.2. The Labute approximate surface area is 241 Å². The minimum absolute atomic E-state index is 0.119. The molecule has 0 spiro atoms. The summed E-state index contributed by atoms with van der Waals surface area (Å²) in [7, 11) is 1.50. The maximum atomic E-state index is 14.0. The van der Waals surface area contributed by atoms with Crippen LogP contribution in [0.2, 0.25) is 0 Å². The number of carbonyl (C=O) groups is 3. The number of Topliss-reactive ketones (excluding diaryl/α,β-unsaturated/α-hetero) is 1. The predicted molar refractivity (Wildman–Crippen MR) is 158 cm³/mol. The zero-order valence-corrected chi connectivity index (χ0v) is 24.4. The maximum absolute atomic E-state index is 14.0.